The van der Waals surface area contributed by atoms with E-state index in [4.69, 9.17) is 5.11 Å². The molecule has 0 spiro atoms. The molecule has 0 saturated carbocycles. The first-order chi connectivity index (χ1) is 8.88. The number of carboxylic acids is 1. The standard InChI is InChI=1S/C14H18BrNO3/c1-9(2)6-12(14(18)19)16-13(17)8-10-4-3-5-11(15)7-10/h3-5,7,9,12H,6,8H2,1-2H3,(H,16,17)(H,18,19)/t12-/m0/s1. The number of hydrogen-bond acceptors (Lipinski definition) is 2. The second-order valence-corrected chi connectivity index (χ2v) is 5.81. The van der Waals surface area contributed by atoms with E-state index in [0.717, 1.165) is 10.0 Å². The minimum Gasteiger partial charge on any atom is -0.480 e. The zero-order valence-electron chi connectivity index (χ0n) is 11.0. The fourth-order valence-corrected chi connectivity index (χ4v) is 2.22. The van der Waals surface area contributed by atoms with E-state index >= 15 is 0 Å². The lowest BCUT2D eigenvalue weighted by molar-refractivity contribution is -0.142. The highest BCUT2D eigenvalue weighted by Gasteiger charge is 2.20. The summed E-state index contributed by atoms with van der Waals surface area (Å²) >= 11 is 3.33. The van der Waals surface area contributed by atoms with Gasteiger partial charge in [0.15, 0.2) is 0 Å². The van der Waals surface area contributed by atoms with Crippen molar-refractivity contribution in [2.75, 3.05) is 0 Å². The number of rotatable bonds is 6. The lowest BCUT2D eigenvalue weighted by atomic mass is 10.0. The van der Waals surface area contributed by atoms with E-state index in [1.54, 1.807) is 0 Å². The van der Waals surface area contributed by atoms with E-state index < -0.39 is 12.0 Å². The van der Waals surface area contributed by atoms with Gasteiger partial charge in [-0.15, -0.1) is 0 Å². The van der Waals surface area contributed by atoms with E-state index in [9.17, 15) is 9.59 Å². The topological polar surface area (TPSA) is 66.4 Å². The summed E-state index contributed by atoms with van der Waals surface area (Å²) < 4.78 is 0.898. The zero-order valence-corrected chi connectivity index (χ0v) is 12.6. The van der Waals surface area contributed by atoms with Crippen molar-refractivity contribution in [1.82, 2.24) is 5.32 Å². The maximum atomic E-state index is 11.8. The highest BCUT2D eigenvalue weighted by atomic mass is 79.9. The number of hydrogen-bond donors (Lipinski definition) is 2. The molecule has 104 valence electrons. The molecule has 0 saturated heterocycles. The molecular weight excluding hydrogens is 310 g/mol. The highest BCUT2D eigenvalue weighted by molar-refractivity contribution is 9.10. The number of carboxylic acid groups (broad SMARTS) is 1. The van der Waals surface area contributed by atoms with Crippen molar-refractivity contribution < 1.29 is 14.7 Å². The summed E-state index contributed by atoms with van der Waals surface area (Å²) in [6.07, 6.45) is 0.612. The van der Waals surface area contributed by atoms with Crippen molar-refractivity contribution in [3.63, 3.8) is 0 Å². The molecule has 0 radical (unpaired) electrons. The number of amides is 1. The molecule has 0 unspecified atom stereocenters. The van der Waals surface area contributed by atoms with Crippen molar-refractivity contribution in [3.05, 3.63) is 34.3 Å². The van der Waals surface area contributed by atoms with Crippen molar-refractivity contribution >= 4 is 27.8 Å². The number of carbonyl (C=O) groups is 2. The van der Waals surface area contributed by atoms with Crippen LogP contribution in [0.1, 0.15) is 25.8 Å². The van der Waals surface area contributed by atoms with Crippen LogP contribution in [0.3, 0.4) is 0 Å². The van der Waals surface area contributed by atoms with E-state index in [-0.39, 0.29) is 18.2 Å². The molecule has 0 bridgehead atoms. The lowest BCUT2D eigenvalue weighted by Gasteiger charge is -2.16. The van der Waals surface area contributed by atoms with Gasteiger partial charge in [-0.3, -0.25) is 4.79 Å². The van der Waals surface area contributed by atoms with Gasteiger partial charge in [-0.2, -0.15) is 0 Å². The predicted octanol–water partition coefficient (Wildman–Crippen LogP) is 2.61. The third kappa shape index (κ3) is 5.87. The van der Waals surface area contributed by atoms with Gasteiger partial charge in [-0.25, -0.2) is 4.79 Å². The molecule has 1 rings (SSSR count). The van der Waals surface area contributed by atoms with Gasteiger partial charge < -0.3 is 10.4 Å². The third-order valence-electron chi connectivity index (χ3n) is 2.59. The van der Waals surface area contributed by atoms with Crippen LogP contribution in [0.25, 0.3) is 0 Å². The van der Waals surface area contributed by atoms with Gasteiger partial charge in [0.25, 0.3) is 0 Å². The molecule has 19 heavy (non-hydrogen) atoms. The first-order valence-electron chi connectivity index (χ1n) is 6.15. The molecular formula is C14H18BrNO3. The van der Waals surface area contributed by atoms with E-state index in [0.29, 0.717) is 6.42 Å². The Kier molecular flexibility index (Phi) is 6.02. The predicted molar refractivity (Wildman–Crippen MR) is 76.9 cm³/mol. The van der Waals surface area contributed by atoms with Crippen molar-refractivity contribution in [2.45, 2.75) is 32.7 Å². The molecule has 0 fully saturated rings. The maximum absolute atomic E-state index is 11.8. The van der Waals surface area contributed by atoms with Crippen LogP contribution >= 0.6 is 15.9 Å². The molecule has 5 heteroatoms. The van der Waals surface area contributed by atoms with Crippen LogP contribution in [0.2, 0.25) is 0 Å². The van der Waals surface area contributed by atoms with Gasteiger partial charge in [0.1, 0.15) is 6.04 Å². The molecule has 0 aliphatic carbocycles. The first kappa shape index (κ1) is 15.7. The van der Waals surface area contributed by atoms with Gasteiger partial charge >= 0.3 is 5.97 Å². The molecule has 1 amide bonds. The molecule has 4 nitrogen and oxygen atoms in total. The number of nitrogens with one attached hydrogen (secondary N) is 1. The SMILES string of the molecule is CC(C)C[C@H](NC(=O)Cc1cccc(Br)c1)C(=O)O. The summed E-state index contributed by atoms with van der Waals surface area (Å²) in [5.74, 6) is -1.05. The Morgan fingerprint density at radius 3 is 2.58 bits per heavy atom. The fourth-order valence-electron chi connectivity index (χ4n) is 1.77. The molecule has 0 aromatic heterocycles. The van der Waals surface area contributed by atoms with Crippen molar-refractivity contribution in [3.8, 4) is 0 Å². The number of benzene rings is 1. The molecule has 0 aliphatic rings. The smallest absolute Gasteiger partial charge is 0.326 e. The quantitative estimate of drug-likeness (QED) is 0.844. The van der Waals surface area contributed by atoms with Crippen LogP contribution in [0.4, 0.5) is 0 Å². The Bertz CT molecular complexity index is 460. The number of halogens is 1. The fraction of sp³-hybridized carbons (Fsp3) is 0.429. The Morgan fingerprint density at radius 2 is 2.05 bits per heavy atom. The molecule has 2 N–H and O–H groups in total. The Morgan fingerprint density at radius 1 is 1.37 bits per heavy atom. The largest absolute Gasteiger partial charge is 0.480 e. The Hall–Kier alpha value is -1.36. The van der Waals surface area contributed by atoms with Crippen molar-refractivity contribution in [2.24, 2.45) is 5.92 Å². The molecule has 1 aromatic carbocycles. The van der Waals surface area contributed by atoms with Crippen LogP contribution in [0.15, 0.2) is 28.7 Å². The molecule has 0 aliphatic heterocycles. The van der Waals surface area contributed by atoms with Crippen LogP contribution in [0.5, 0.6) is 0 Å². The Labute approximate surface area is 121 Å². The van der Waals surface area contributed by atoms with Gasteiger partial charge in [-0.1, -0.05) is 41.9 Å². The van der Waals surface area contributed by atoms with Gasteiger partial charge in [0, 0.05) is 4.47 Å². The summed E-state index contributed by atoms with van der Waals surface area (Å²) in [6.45, 7) is 3.85. The lowest BCUT2D eigenvalue weighted by Crippen LogP contribution is -2.42. The normalized spacial score (nSPS) is 12.2. The second kappa shape index (κ2) is 7.28. The zero-order chi connectivity index (χ0) is 14.4. The highest BCUT2D eigenvalue weighted by Crippen LogP contribution is 2.12. The van der Waals surface area contributed by atoms with E-state index in [1.165, 1.54) is 0 Å². The molecule has 1 atom stereocenters. The summed E-state index contributed by atoms with van der Waals surface area (Å²) in [4.78, 5) is 22.9. The molecule has 0 heterocycles. The van der Waals surface area contributed by atoms with E-state index in [1.807, 2.05) is 38.1 Å². The first-order valence-corrected chi connectivity index (χ1v) is 6.94. The van der Waals surface area contributed by atoms with Crippen molar-refractivity contribution in [1.29, 1.82) is 0 Å². The van der Waals surface area contributed by atoms with Crippen LogP contribution < -0.4 is 5.32 Å². The minimum atomic E-state index is -0.990. The maximum Gasteiger partial charge on any atom is 0.326 e. The summed E-state index contributed by atoms with van der Waals surface area (Å²) in [5.41, 5.74) is 0.848. The van der Waals surface area contributed by atoms with Gasteiger partial charge in [-0.05, 0) is 30.0 Å². The third-order valence-corrected chi connectivity index (χ3v) is 3.09. The second-order valence-electron chi connectivity index (χ2n) is 4.89. The summed E-state index contributed by atoms with van der Waals surface area (Å²) in [5, 5.41) is 11.6. The van der Waals surface area contributed by atoms with Gasteiger partial charge in [0.05, 0.1) is 6.42 Å². The van der Waals surface area contributed by atoms with Crippen LogP contribution in [0, 0.1) is 5.92 Å². The Balaban J connectivity index is 2.60. The monoisotopic (exact) mass is 327 g/mol. The summed E-state index contributed by atoms with van der Waals surface area (Å²) in [7, 11) is 0. The molecule has 1 aromatic rings. The average molecular weight is 328 g/mol. The summed E-state index contributed by atoms with van der Waals surface area (Å²) in [6, 6.07) is 6.58. The van der Waals surface area contributed by atoms with E-state index in [2.05, 4.69) is 21.2 Å². The van der Waals surface area contributed by atoms with Crippen LogP contribution in [-0.4, -0.2) is 23.0 Å². The number of aliphatic carboxylic acids is 1. The minimum absolute atomic E-state index is 0.182. The number of carbonyl (C=O) groups excluding carboxylic acids is 1. The van der Waals surface area contributed by atoms with Crippen LogP contribution in [-0.2, 0) is 16.0 Å². The average Bonchev–Trinajstić information content (AvgIpc) is 2.27. The van der Waals surface area contributed by atoms with Gasteiger partial charge in [0.2, 0.25) is 5.91 Å².